The van der Waals surface area contributed by atoms with Crippen molar-refractivity contribution in [3.8, 4) is 23.0 Å². The number of methoxy groups -OCH3 is 1. The Morgan fingerprint density at radius 2 is 1.70 bits per heavy atom. The van der Waals surface area contributed by atoms with E-state index in [1.165, 1.54) is 31.1 Å². The lowest BCUT2D eigenvalue weighted by Crippen LogP contribution is -2.53. The Morgan fingerprint density at radius 3 is 2.48 bits per heavy atom. The molecule has 1 aromatic heterocycles. The zero-order valence-corrected chi connectivity index (χ0v) is 41.4. The fourth-order valence-electron chi connectivity index (χ4n) is 16.0. The zero-order valence-electron chi connectivity index (χ0n) is 41.4. The fraction of sp³-hybridized carbons (Fsp3) is 0.719. The predicted octanol–water partition coefficient (Wildman–Crippen LogP) is 9.21. The first kappa shape index (κ1) is 49.2. The van der Waals surface area contributed by atoms with Gasteiger partial charge in [0.25, 0.3) is 0 Å². The van der Waals surface area contributed by atoms with Gasteiger partial charge in [0, 0.05) is 61.5 Å². The van der Waals surface area contributed by atoms with Crippen molar-refractivity contribution in [3.63, 3.8) is 0 Å². The number of aromatic amines is 1. The summed E-state index contributed by atoms with van der Waals surface area (Å²) in [6.45, 7) is 4.66. The molecule has 380 valence electrons. The Labute approximate surface area is 409 Å². The van der Waals surface area contributed by atoms with Crippen molar-refractivity contribution in [1.29, 1.82) is 0 Å². The predicted molar refractivity (Wildman–Crippen MR) is 264 cm³/mol. The van der Waals surface area contributed by atoms with Crippen molar-refractivity contribution in [2.45, 2.75) is 190 Å². The molecule has 10 rings (SSSR count). The fourth-order valence-corrected chi connectivity index (χ4v) is 16.0. The summed E-state index contributed by atoms with van der Waals surface area (Å²) >= 11 is 0. The van der Waals surface area contributed by atoms with Gasteiger partial charge in [-0.2, -0.15) is 0 Å². The summed E-state index contributed by atoms with van der Waals surface area (Å²) in [7, 11) is 1.46. The highest BCUT2D eigenvalue weighted by Gasteiger charge is 2.58. The van der Waals surface area contributed by atoms with E-state index in [9.17, 15) is 30.6 Å². The van der Waals surface area contributed by atoms with Crippen LogP contribution in [-0.2, 0) is 22.5 Å². The molecule has 2 aliphatic heterocycles. The number of H-pyrrole nitrogens is 1. The third-order valence-corrected chi connectivity index (χ3v) is 19.1. The Bertz CT molecular complexity index is 2190. The number of aliphatic hydroxyl groups excluding tert-OH is 3. The normalized spacial score (nSPS) is 35.4. The number of nitrogens with one attached hydrogen (secondary N) is 2. The molecular weight excluding hydrogens is 873 g/mol. The van der Waals surface area contributed by atoms with E-state index in [0.29, 0.717) is 73.6 Å². The molecular formula is C57H82N2O10. The maximum absolute atomic E-state index is 12.9. The second-order valence-electron chi connectivity index (χ2n) is 22.9. The van der Waals surface area contributed by atoms with Gasteiger partial charge in [0.15, 0.2) is 11.5 Å². The number of fused-ring (bicyclic) bond motifs is 9. The Balaban J connectivity index is 0.992. The third-order valence-electron chi connectivity index (χ3n) is 19.1. The second-order valence-corrected chi connectivity index (χ2v) is 22.9. The summed E-state index contributed by atoms with van der Waals surface area (Å²) in [6.07, 6.45) is 19.7. The number of hydrogen-bond donors (Lipinski definition) is 8. The number of phenolic OH excluding ortho intramolecular Hbond substituents is 1. The average Bonchev–Trinajstić information content (AvgIpc) is 4.14. The summed E-state index contributed by atoms with van der Waals surface area (Å²) in [5.41, 5.74) is 4.14. The topological polar surface area (TPSA) is 186 Å². The van der Waals surface area contributed by atoms with E-state index >= 15 is 0 Å². The summed E-state index contributed by atoms with van der Waals surface area (Å²) < 4.78 is 25.5. The number of rotatable bonds is 12. The SMILES string of the molecule is CCOCCCN[C@H]1CC[C@@H]2[C@H](C1)CC1(CCCC1)[C@@H]1[C@@H]2c2cc([C@@H]3CC[C@H]4[C@H](C3)O[C@H](c3c(CO)c(O)c(O)c(OC)c3Cc3cc[nH]c3)C[C@@H]4O)ccc2OCC[C@H]2CC[C@@](O)(CC[C@H]1O)C2. The highest BCUT2D eigenvalue weighted by atomic mass is 16.5. The van der Waals surface area contributed by atoms with E-state index < -0.39 is 42.0 Å². The number of ether oxygens (including phenoxy) is 4. The lowest BCUT2D eigenvalue weighted by Gasteiger charge is -2.57. The number of aromatic hydroxyl groups is 2. The highest BCUT2D eigenvalue weighted by molar-refractivity contribution is 5.64. The number of benzene rings is 2. The van der Waals surface area contributed by atoms with Crippen LogP contribution in [0.5, 0.6) is 23.0 Å². The first-order valence-electron chi connectivity index (χ1n) is 27.2. The van der Waals surface area contributed by atoms with Crippen LogP contribution in [0, 0.1) is 35.0 Å². The lowest BCUT2D eigenvalue weighted by molar-refractivity contribution is -0.154. The molecule has 2 bridgehead atoms. The molecule has 6 fully saturated rings. The molecule has 0 unspecified atom stereocenters. The van der Waals surface area contributed by atoms with Crippen LogP contribution in [0.1, 0.15) is 180 Å². The molecule has 5 aliphatic carbocycles. The largest absolute Gasteiger partial charge is 0.504 e. The molecule has 0 amide bonds. The second kappa shape index (κ2) is 21.0. The molecule has 5 saturated carbocycles. The number of aromatic nitrogens is 1. The van der Waals surface area contributed by atoms with Crippen LogP contribution >= 0.6 is 0 Å². The van der Waals surface area contributed by atoms with Crippen LogP contribution in [0.4, 0.5) is 0 Å². The molecule has 3 heterocycles. The van der Waals surface area contributed by atoms with E-state index in [1.807, 2.05) is 18.5 Å². The van der Waals surface area contributed by atoms with Gasteiger partial charge in [0.1, 0.15) is 5.75 Å². The smallest absolute Gasteiger partial charge is 0.201 e. The van der Waals surface area contributed by atoms with Gasteiger partial charge in [0.05, 0.1) is 50.3 Å². The monoisotopic (exact) mass is 955 g/mol. The summed E-state index contributed by atoms with van der Waals surface area (Å²) in [5, 5.41) is 73.8. The van der Waals surface area contributed by atoms with E-state index in [0.717, 1.165) is 115 Å². The minimum atomic E-state index is -0.716. The van der Waals surface area contributed by atoms with E-state index in [2.05, 4.69) is 35.4 Å². The molecule has 3 aromatic rings. The molecule has 0 radical (unpaired) electrons. The standard InChI is InChI=1S/C57H82N2O10/c1-3-67-23-6-21-59-39-9-11-40-38(26-39)31-56(17-4-5-18-56)52-45(61)14-20-57(65)19-13-34(30-57)16-24-68-47-12-8-36(27-42(47)51(40)52)37-7-10-41-46(62)29-49(69-48(41)28-37)50-43(25-35-15-22-58-32-35)55(66-2)54(64)53(63)44(50)33-60/h8,12,15,22,27,32,34,37-41,45-46,48-49,51-52,58-65H,3-7,9-11,13-14,16-21,23-26,28-31,33H2,1-2H3/t34-,37-,38-,39+,40-,41-,45-,46+,48+,49+,51+,52+,57-/m1/s1. The van der Waals surface area contributed by atoms with Crippen molar-refractivity contribution in [2.75, 3.05) is 33.5 Å². The molecule has 12 nitrogen and oxygen atoms in total. The van der Waals surface area contributed by atoms with Gasteiger partial charge in [-0.15, -0.1) is 0 Å². The van der Waals surface area contributed by atoms with Gasteiger partial charge in [0.2, 0.25) is 5.75 Å². The van der Waals surface area contributed by atoms with Crippen LogP contribution in [0.15, 0.2) is 36.7 Å². The molecule has 1 spiro atoms. The van der Waals surface area contributed by atoms with Crippen LogP contribution in [-0.4, -0.2) is 99.1 Å². The van der Waals surface area contributed by atoms with Crippen molar-refractivity contribution in [1.82, 2.24) is 10.3 Å². The van der Waals surface area contributed by atoms with E-state index in [4.69, 9.17) is 18.9 Å². The summed E-state index contributed by atoms with van der Waals surface area (Å²) in [5.74, 6) is 1.89. The van der Waals surface area contributed by atoms with E-state index in [-0.39, 0.29) is 46.5 Å². The number of phenols is 2. The lowest BCUT2D eigenvalue weighted by atomic mass is 9.48. The van der Waals surface area contributed by atoms with Crippen LogP contribution < -0.4 is 14.8 Å². The first-order chi connectivity index (χ1) is 33.5. The van der Waals surface area contributed by atoms with Gasteiger partial charge in [-0.05, 0) is 192 Å². The van der Waals surface area contributed by atoms with Gasteiger partial charge < -0.3 is 59.9 Å². The van der Waals surface area contributed by atoms with Crippen molar-refractivity contribution >= 4 is 0 Å². The molecule has 8 N–H and O–H groups in total. The quantitative estimate of drug-likeness (QED) is 0.0639. The molecule has 1 saturated heterocycles. The van der Waals surface area contributed by atoms with Crippen LogP contribution in [0.3, 0.4) is 0 Å². The Kier molecular flexibility index (Phi) is 15.0. The number of hydrogen-bond acceptors (Lipinski definition) is 11. The van der Waals surface area contributed by atoms with Gasteiger partial charge >= 0.3 is 0 Å². The van der Waals surface area contributed by atoms with Gasteiger partial charge in [-0.25, -0.2) is 0 Å². The molecule has 69 heavy (non-hydrogen) atoms. The maximum Gasteiger partial charge on any atom is 0.201 e. The zero-order chi connectivity index (χ0) is 47.9. The molecule has 13 atom stereocenters. The van der Waals surface area contributed by atoms with Crippen LogP contribution in [0.2, 0.25) is 0 Å². The first-order valence-corrected chi connectivity index (χ1v) is 27.2. The van der Waals surface area contributed by atoms with Gasteiger partial charge in [-0.3, -0.25) is 0 Å². The molecule has 2 aromatic carbocycles. The molecule has 7 aliphatic rings. The summed E-state index contributed by atoms with van der Waals surface area (Å²) in [6, 6.07) is 9.41. The van der Waals surface area contributed by atoms with Crippen molar-refractivity contribution < 1.29 is 49.6 Å². The minimum absolute atomic E-state index is 0.0360. The third kappa shape index (κ3) is 9.83. The summed E-state index contributed by atoms with van der Waals surface area (Å²) in [4.78, 5) is 3.10. The molecule has 12 heteroatoms. The average molecular weight is 955 g/mol. The van der Waals surface area contributed by atoms with Crippen molar-refractivity contribution in [2.24, 2.45) is 35.0 Å². The van der Waals surface area contributed by atoms with Crippen molar-refractivity contribution in [3.05, 3.63) is 70.0 Å². The minimum Gasteiger partial charge on any atom is -0.504 e. The van der Waals surface area contributed by atoms with E-state index in [1.54, 1.807) is 0 Å². The Morgan fingerprint density at radius 1 is 0.870 bits per heavy atom. The Hall–Kier alpha value is -3.36. The maximum atomic E-state index is 12.9. The number of aliphatic hydroxyl groups is 4. The van der Waals surface area contributed by atoms with Crippen LogP contribution in [0.25, 0.3) is 0 Å². The van der Waals surface area contributed by atoms with Gasteiger partial charge in [-0.1, -0.05) is 25.0 Å². The highest BCUT2D eigenvalue weighted by Crippen LogP contribution is 2.65.